The number of hydrogen-bond acceptors (Lipinski definition) is 2. The van der Waals surface area contributed by atoms with Crippen molar-refractivity contribution >= 4 is 11.8 Å². The summed E-state index contributed by atoms with van der Waals surface area (Å²) in [5.74, 6) is 1.55. The van der Waals surface area contributed by atoms with Crippen molar-refractivity contribution in [2.45, 2.75) is 16.6 Å². The van der Waals surface area contributed by atoms with Crippen LogP contribution in [-0.4, -0.2) is 13.6 Å². The average molecular weight is 255 g/mol. The fraction of sp³-hybridized carbons (Fsp3) is 0.250. The zero-order valence-electron chi connectivity index (χ0n) is 10.5. The highest BCUT2D eigenvalue weighted by Gasteiger charge is 2.22. The van der Waals surface area contributed by atoms with Crippen molar-refractivity contribution in [1.29, 1.82) is 0 Å². The Kier molecular flexibility index (Phi) is 3.39. The van der Waals surface area contributed by atoms with Crippen LogP contribution in [-0.2, 0) is 5.75 Å². The zero-order valence-corrected chi connectivity index (χ0v) is 11.3. The largest absolute Gasteiger partial charge is 0.319 e. The van der Waals surface area contributed by atoms with Gasteiger partial charge in [0, 0.05) is 23.1 Å². The van der Waals surface area contributed by atoms with E-state index in [1.807, 2.05) is 18.8 Å². The molecule has 18 heavy (non-hydrogen) atoms. The van der Waals surface area contributed by atoms with E-state index >= 15 is 0 Å². The van der Waals surface area contributed by atoms with E-state index in [4.69, 9.17) is 0 Å². The molecule has 2 aromatic carbocycles. The van der Waals surface area contributed by atoms with Crippen LogP contribution in [0.25, 0.3) is 0 Å². The maximum Gasteiger partial charge on any atom is 0.0235 e. The molecular weight excluding hydrogens is 238 g/mol. The first-order valence-corrected chi connectivity index (χ1v) is 7.33. The van der Waals surface area contributed by atoms with Gasteiger partial charge in [0.2, 0.25) is 0 Å². The predicted molar refractivity (Wildman–Crippen MR) is 78.2 cm³/mol. The van der Waals surface area contributed by atoms with Crippen LogP contribution in [0, 0.1) is 0 Å². The maximum absolute atomic E-state index is 3.34. The first-order chi connectivity index (χ1) is 8.90. The Labute approximate surface area is 113 Å². The molecule has 0 amide bonds. The van der Waals surface area contributed by atoms with Gasteiger partial charge in [-0.2, -0.15) is 0 Å². The summed E-state index contributed by atoms with van der Waals surface area (Å²) >= 11 is 1.95. The number of likely N-dealkylation sites (N-methyl/N-ethyl adjacent to an activating group) is 1. The van der Waals surface area contributed by atoms with Crippen molar-refractivity contribution in [1.82, 2.24) is 5.32 Å². The molecule has 2 aromatic rings. The Balaban J connectivity index is 2.15. The molecule has 0 radical (unpaired) electrons. The molecule has 1 atom stereocenters. The third-order valence-corrected chi connectivity index (χ3v) is 4.65. The van der Waals surface area contributed by atoms with E-state index in [-0.39, 0.29) is 0 Å². The Morgan fingerprint density at radius 1 is 1.06 bits per heavy atom. The van der Waals surface area contributed by atoms with Crippen LogP contribution in [0.15, 0.2) is 53.4 Å². The van der Waals surface area contributed by atoms with Crippen LogP contribution in [0.1, 0.15) is 22.6 Å². The van der Waals surface area contributed by atoms with E-state index in [9.17, 15) is 0 Å². The van der Waals surface area contributed by atoms with Crippen molar-refractivity contribution in [2.75, 3.05) is 13.6 Å². The number of rotatable bonds is 2. The van der Waals surface area contributed by atoms with Gasteiger partial charge in [0.25, 0.3) is 0 Å². The van der Waals surface area contributed by atoms with Crippen molar-refractivity contribution in [3.05, 3.63) is 65.2 Å². The minimum Gasteiger partial charge on any atom is -0.319 e. The van der Waals surface area contributed by atoms with Gasteiger partial charge in [0.05, 0.1) is 0 Å². The lowest BCUT2D eigenvalue weighted by atomic mass is 9.88. The van der Waals surface area contributed by atoms with Crippen LogP contribution in [0.4, 0.5) is 0 Å². The second kappa shape index (κ2) is 5.17. The van der Waals surface area contributed by atoms with E-state index in [1.54, 1.807) is 0 Å². The minimum atomic E-state index is 0.470. The van der Waals surface area contributed by atoms with Crippen LogP contribution in [0.3, 0.4) is 0 Å². The van der Waals surface area contributed by atoms with Crippen LogP contribution in [0.5, 0.6) is 0 Å². The molecule has 0 fully saturated rings. The summed E-state index contributed by atoms with van der Waals surface area (Å²) in [5.41, 5.74) is 4.41. The number of nitrogens with one attached hydrogen (secondary N) is 1. The molecule has 0 saturated heterocycles. The van der Waals surface area contributed by atoms with E-state index in [1.165, 1.54) is 21.6 Å². The predicted octanol–water partition coefficient (Wildman–Crippen LogP) is 3.64. The molecule has 3 rings (SSSR count). The van der Waals surface area contributed by atoms with Gasteiger partial charge in [-0.15, -0.1) is 11.8 Å². The third-order valence-electron chi connectivity index (χ3n) is 3.52. The fourth-order valence-electron chi connectivity index (χ4n) is 2.65. The monoisotopic (exact) mass is 255 g/mol. The molecule has 1 heterocycles. The number of thioether (sulfide) groups is 1. The van der Waals surface area contributed by atoms with Gasteiger partial charge in [0.15, 0.2) is 0 Å². The molecule has 1 aliphatic rings. The molecule has 1 nitrogen and oxygen atoms in total. The SMILES string of the molecule is CNC[C@H]1c2ccccc2CSc2ccccc21. The summed E-state index contributed by atoms with van der Waals surface area (Å²) in [4.78, 5) is 1.42. The lowest BCUT2D eigenvalue weighted by molar-refractivity contribution is 0.697. The molecule has 0 spiro atoms. The molecule has 0 saturated carbocycles. The second-order valence-electron chi connectivity index (χ2n) is 4.64. The lowest BCUT2D eigenvalue weighted by Crippen LogP contribution is -2.19. The Morgan fingerprint density at radius 3 is 2.61 bits per heavy atom. The van der Waals surface area contributed by atoms with Crippen molar-refractivity contribution in [3.63, 3.8) is 0 Å². The van der Waals surface area contributed by atoms with Crippen LogP contribution < -0.4 is 5.32 Å². The first-order valence-electron chi connectivity index (χ1n) is 6.34. The molecule has 0 aliphatic carbocycles. The molecule has 0 bridgehead atoms. The van der Waals surface area contributed by atoms with E-state index in [0.717, 1.165) is 12.3 Å². The highest BCUT2D eigenvalue weighted by Crippen LogP contribution is 2.39. The Morgan fingerprint density at radius 2 is 1.78 bits per heavy atom. The summed E-state index contributed by atoms with van der Waals surface area (Å²) in [6.45, 7) is 0.995. The van der Waals surface area contributed by atoms with Gasteiger partial charge in [-0.05, 0) is 29.8 Å². The summed E-state index contributed by atoms with van der Waals surface area (Å²) < 4.78 is 0. The Hall–Kier alpha value is -1.25. The summed E-state index contributed by atoms with van der Waals surface area (Å²) in [5, 5.41) is 3.34. The molecule has 0 aromatic heterocycles. The van der Waals surface area contributed by atoms with Crippen LogP contribution in [0.2, 0.25) is 0 Å². The summed E-state index contributed by atoms with van der Waals surface area (Å²) in [7, 11) is 2.03. The Bertz CT molecular complexity index is 503. The summed E-state index contributed by atoms with van der Waals surface area (Å²) in [6, 6.07) is 17.6. The van der Waals surface area contributed by atoms with Crippen molar-refractivity contribution in [3.8, 4) is 0 Å². The van der Waals surface area contributed by atoms with Gasteiger partial charge < -0.3 is 5.32 Å². The topological polar surface area (TPSA) is 12.0 Å². The number of benzene rings is 2. The van der Waals surface area contributed by atoms with Crippen molar-refractivity contribution < 1.29 is 0 Å². The third kappa shape index (κ3) is 2.06. The molecule has 92 valence electrons. The van der Waals surface area contributed by atoms with Crippen molar-refractivity contribution in [2.24, 2.45) is 0 Å². The van der Waals surface area contributed by atoms with Gasteiger partial charge in [0.1, 0.15) is 0 Å². The highest BCUT2D eigenvalue weighted by molar-refractivity contribution is 7.98. The van der Waals surface area contributed by atoms with E-state index < -0.39 is 0 Å². The second-order valence-corrected chi connectivity index (χ2v) is 5.65. The maximum atomic E-state index is 3.34. The van der Waals surface area contributed by atoms with E-state index in [2.05, 4.69) is 53.8 Å². The number of hydrogen-bond donors (Lipinski definition) is 1. The quantitative estimate of drug-likeness (QED) is 0.879. The zero-order chi connectivity index (χ0) is 12.4. The first kappa shape index (κ1) is 11.8. The summed E-state index contributed by atoms with van der Waals surface area (Å²) in [6.07, 6.45) is 0. The fourth-order valence-corrected chi connectivity index (χ4v) is 3.78. The minimum absolute atomic E-state index is 0.470. The normalized spacial score (nSPS) is 17.7. The molecule has 2 heteroatoms. The van der Waals surface area contributed by atoms with Gasteiger partial charge >= 0.3 is 0 Å². The molecular formula is C16H17NS. The smallest absolute Gasteiger partial charge is 0.0235 e. The van der Waals surface area contributed by atoms with Gasteiger partial charge in [-0.1, -0.05) is 42.5 Å². The molecule has 1 N–H and O–H groups in total. The van der Waals surface area contributed by atoms with Gasteiger partial charge in [-0.3, -0.25) is 0 Å². The standard InChI is InChI=1S/C16H17NS/c1-17-10-15-13-7-3-2-6-12(13)11-18-16-9-5-4-8-14(15)16/h2-9,15,17H,10-11H2,1H3/t15-/m0/s1. The average Bonchev–Trinajstić information content (AvgIpc) is 2.58. The van der Waals surface area contributed by atoms with Gasteiger partial charge in [-0.25, -0.2) is 0 Å². The molecule has 0 unspecified atom stereocenters. The molecule has 1 aliphatic heterocycles. The number of fused-ring (bicyclic) bond motifs is 2. The highest BCUT2D eigenvalue weighted by atomic mass is 32.2. The van der Waals surface area contributed by atoms with Crippen LogP contribution >= 0.6 is 11.8 Å². The lowest BCUT2D eigenvalue weighted by Gasteiger charge is -2.19. The van der Waals surface area contributed by atoms with E-state index in [0.29, 0.717) is 5.92 Å².